The molecule has 0 aromatic heterocycles. The molecule has 84 valence electrons. The van der Waals surface area contributed by atoms with Gasteiger partial charge in [-0.1, -0.05) is 20.3 Å². The topological polar surface area (TPSA) is 38.0 Å². The Hall–Kier alpha value is -0.0800. The molecule has 0 spiro atoms. The Morgan fingerprint density at radius 1 is 1.36 bits per heavy atom. The molecule has 0 aromatic carbocycles. The Bertz CT molecular complexity index is 148. The van der Waals surface area contributed by atoms with Crippen LogP contribution in [0.1, 0.15) is 52.4 Å². The largest absolute Gasteiger partial charge is 0.330 e. The summed E-state index contributed by atoms with van der Waals surface area (Å²) in [7, 11) is 0. The van der Waals surface area contributed by atoms with Crippen molar-refractivity contribution in [2.75, 3.05) is 13.1 Å². The molecule has 14 heavy (non-hydrogen) atoms. The minimum absolute atomic E-state index is 0.433. The maximum atomic E-state index is 5.78. The maximum Gasteiger partial charge on any atom is 0.00674 e. The molecule has 1 aliphatic rings. The second kappa shape index (κ2) is 5.72. The van der Waals surface area contributed by atoms with Gasteiger partial charge in [-0.3, -0.25) is 0 Å². The van der Waals surface area contributed by atoms with Crippen LogP contribution in [-0.4, -0.2) is 19.1 Å². The lowest BCUT2D eigenvalue weighted by Gasteiger charge is -2.36. The molecule has 0 amide bonds. The van der Waals surface area contributed by atoms with E-state index in [2.05, 4.69) is 19.2 Å². The summed E-state index contributed by atoms with van der Waals surface area (Å²) < 4.78 is 0. The number of nitrogens with two attached hydrogens (primary N) is 1. The third-order valence-electron chi connectivity index (χ3n) is 3.65. The zero-order valence-electron chi connectivity index (χ0n) is 9.81. The van der Waals surface area contributed by atoms with E-state index >= 15 is 0 Å². The summed E-state index contributed by atoms with van der Waals surface area (Å²) in [5.41, 5.74) is 6.22. The lowest BCUT2D eigenvalue weighted by atomic mass is 9.74. The first-order chi connectivity index (χ1) is 6.70. The average molecular weight is 198 g/mol. The van der Waals surface area contributed by atoms with Crippen molar-refractivity contribution < 1.29 is 0 Å². The van der Waals surface area contributed by atoms with Gasteiger partial charge >= 0.3 is 0 Å². The van der Waals surface area contributed by atoms with Gasteiger partial charge in [0.25, 0.3) is 0 Å². The van der Waals surface area contributed by atoms with Crippen LogP contribution in [0.4, 0.5) is 0 Å². The molecular formula is C12H26N2. The molecule has 0 aliphatic heterocycles. The van der Waals surface area contributed by atoms with Gasteiger partial charge in [0.1, 0.15) is 0 Å². The number of hydrogen-bond donors (Lipinski definition) is 2. The van der Waals surface area contributed by atoms with Crippen LogP contribution in [0.25, 0.3) is 0 Å². The van der Waals surface area contributed by atoms with Crippen molar-refractivity contribution in [1.82, 2.24) is 5.32 Å². The van der Waals surface area contributed by atoms with Crippen LogP contribution in [0.3, 0.4) is 0 Å². The van der Waals surface area contributed by atoms with Gasteiger partial charge < -0.3 is 11.1 Å². The molecule has 0 heterocycles. The van der Waals surface area contributed by atoms with Crippen LogP contribution in [0.15, 0.2) is 0 Å². The van der Waals surface area contributed by atoms with E-state index in [1.165, 1.54) is 45.1 Å². The standard InChI is InChI=1S/C12H26N2/c1-3-4-9-14-11-5-7-12(2,10-13)8-6-11/h11,14H,3-10,13H2,1-2H3. The molecule has 0 aromatic rings. The predicted molar refractivity (Wildman–Crippen MR) is 62.3 cm³/mol. The third kappa shape index (κ3) is 3.58. The lowest BCUT2D eigenvalue weighted by molar-refractivity contribution is 0.192. The van der Waals surface area contributed by atoms with Crippen molar-refractivity contribution in [1.29, 1.82) is 0 Å². The zero-order chi connectivity index (χ0) is 10.4. The highest BCUT2D eigenvalue weighted by atomic mass is 14.9. The fourth-order valence-corrected chi connectivity index (χ4v) is 2.21. The molecular weight excluding hydrogens is 172 g/mol. The van der Waals surface area contributed by atoms with Crippen molar-refractivity contribution in [3.63, 3.8) is 0 Å². The molecule has 2 nitrogen and oxygen atoms in total. The van der Waals surface area contributed by atoms with E-state index in [9.17, 15) is 0 Å². The van der Waals surface area contributed by atoms with Gasteiger partial charge in [0.15, 0.2) is 0 Å². The van der Waals surface area contributed by atoms with Crippen LogP contribution >= 0.6 is 0 Å². The summed E-state index contributed by atoms with van der Waals surface area (Å²) in [6.45, 7) is 6.62. The van der Waals surface area contributed by atoms with Crippen LogP contribution in [-0.2, 0) is 0 Å². The minimum atomic E-state index is 0.433. The number of nitrogens with one attached hydrogen (secondary N) is 1. The Morgan fingerprint density at radius 3 is 2.50 bits per heavy atom. The number of rotatable bonds is 5. The molecule has 3 N–H and O–H groups in total. The van der Waals surface area contributed by atoms with E-state index in [4.69, 9.17) is 5.73 Å². The summed E-state index contributed by atoms with van der Waals surface area (Å²) in [6, 6.07) is 0.765. The highest BCUT2D eigenvalue weighted by molar-refractivity contribution is 4.85. The molecule has 0 bridgehead atoms. The van der Waals surface area contributed by atoms with Gasteiger partial charge in [-0.25, -0.2) is 0 Å². The Kier molecular flexibility index (Phi) is 4.90. The van der Waals surface area contributed by atoms with Crippen LogP contribution in [0, 0.1) is 5.41 Å². The number of unbranched alkanes of at least 4 members (excludes halogenated alkanes) is 1. The molecule has 1 fully saturated rings. The third-order valence-corrected chi connectivity index (χ3v) is 3.65. The SMILES string of the molecule is CCCCNC1CCC(C)(CN)CC1. The molecule has 1 aliphatic carbocycles. The molecule has 1 rings (SSSR count). The van der Waals surface area contributed by atoms with Crippen molar-refractivity contribution >= 4 is 0 Å². The average Bonchev–Trinajstić information content (AvgIpc) is 2.22. The summed E-state index contributed by atoms with van der Waals surface area (Å²) in [4.78, 5) is 0. The summed E-state index contributed by atoms with van der Waals surface area (Å²) in [5.74, 6) is 0. The van der Waals surface area contributed by atoms with Gasteiger partial charge in [0.2, 0.25) is 0 Å². The van der Waals surface area contributed by atoms with Crippen LogP contribution in [0.2, 0.25) is 0 Å². The normalized spacial score (nSPS) is 33.2. The van der Waals surface area contributed by atoms with E-state index in [0.717, 1.165) is 12.6 Å². The second-order valence-corrected chi connectivity index (χ2v) is 5.10. The lowest BCUT2D eigenvalue weighted by Crippen LogP contribution is -2.39. The van der Waals surface area contributed by atoms with E-state index < -0.39 is 0 Å². The smallest absolute Gasteiger partial charge is 0.00674 e. The van der Waals surface area contributed by atoms with Crippen molar-refractivity contribution in [2.45, 2.75) is 58.4 Å². The minimum Gasteiger partial charge on any atom is -0.330 e. The molecule has 0 atom stereocenters. The maximum absolute atomic E-state index is 5.78. The van der Waals surface area contributed by atoms with Crippen molar-refractivity contribution in [3.8, 4) is 0 Å². The molecule has 0 radical (unpaired) electrons. The Labute approximate surface area is 88.6 Å². The van der Waals surface area contributed by atoms with Gasteiger partial charge in [-0.2, -0.15) is 0 Å². The summed E-state index contributed by atoms with van der Waals surface area (Å²) in [6.07, 6.45) is 7.83. The van der Waals surface area contributed by atoms with Crippen molar-refractivity contribution in [2.24, 2.45) is 11.1 Å². The van der Waals surface area contributed by atoms with Gasteiger partial charge in [-0.05, 0) is 50.6 Å². The zero-order valence-corrected chi connectivity index (χ0v) is 9.81. The molecule has 1 saturated carbocycles. The van der Waals surface area contributed by atoms with Crippen LogP contribution < -0.4 is 11.1 Å². The van der Waals surface area contributed by atoms with Gasteiger partial charge in [0.05, 0.1) is 0 Å². The van der Waals surface area contributed by atoms with Crippen LogP contribution in [0.5, 0.6) is 0 Å². The summed E-state index contributed by atoms with van der Waals surface area (Å²) >= 11 is 0. The van der Waals surface area contributed by atoms with E-state index in [1.54, 1.807) is 0 Å². The summed E-state index contributed by atoms with van der Waals surface area (Å²) in [5, 5.41) is 3.64. The highest BCUT2D eigenvalue weighted by Crippen LogP contribution is 2.34. The first-order valence-electron chi connectivity index (χ1n) is 6.13. The first kappa shape index (κ1) is 12.0. The molecule has 2 heteroatoms. The van der Waals surface area contributed by atoms with E-state index in [1.807, 2.05) is 0 Å². The first-order valence-corrected chi connectivity index (χ1v) is 6.13. The van der Waals surface area contributed by atoms with Gasteiger partial charge in [0, 0.05) is 6.04 Å². The highest BCUT2D eigenvalue weighted by Gasteiger charge is 2.29. The van der Waals surface area contributed by atoms with E-state index in [-0.39, 0.29) is 0 Å². The fraction of sp³-hybridized carbons (Fsp3) is 1.00. The molecule has 0 saturated heterocycles. The van der Waals surface area contributed by atoms with Crippen molar-refractivity contribution in [3.05, 3.63) is 0 Å². The van der Waals surface area contributed by atoms with Gasteiger partial charge in [-0.15, -0.1) is 0 Å². The quantitative estimate of drug-likeness (QED) is 0.665. The predicted octanol–water partition coefficient (Wildman–Crippen LogP) is 2.28. The van der Waals surface area contributed by atoms with E-state index in [0.29, 0.717) is 5.41 Å². The fourth-order valence-electron chi connectivity index (χ4n) is 2.21. The number of hydrogen-bond acceptors (Lipinski definition) is 2. The Balaban J connectivity index is 2.15. The monoisotopic (exact) mass is 198 g/mol. The Morgan fingerprint density at radius 2 is 2.00 bits per heavy atom. The second-order valence-electron chi connectivity index (χ2n) is 5.10. The molecule has 0 unspecified atom stereocenters.